The van der Waals surface area contributed by atoms with Crippen molar-refractivity contribution in [2.45, 2.75) is 0 Å². The number of anilines is 1. The SMILES string of the molecule is O=C(Nc1cn2cc(Cl)ccc2n1)c1ccc(-n2cccn2)cc1. The minimum atomic E-state index is -0.225. The molecule has 7 heteroatoms. The van der Waals surface area contributed by atoms with Crippen molar-refractivity contribution in [2.24, 2.45) is 0 Å². The number of carbonyl (C=O) groups excluding carboxylic acids is 1. The van der Waals surface area contributed by atoms with Gasteiger partial charge in [-0.05, 0) is 42.5 Å². The summed E-state index contributed by atoms with van der Waals surface area (Å²) in [6.07, 6.45) is 7.00. The van der Waals surface area contributed by atoms with Crippen molar-refractivity contribution in [3.8, 4) is 5.69 Å². The first-order valence-electron chi connectivity index (χ1n) is 7.25. The van der Waals surface area contributed by atoms with Gasteiger partial charge in [-0.3, -0.25) is 4.79 Å². The third kappa shape index (κ3) is 2.75. The molecule has 0 spiro atoms. The van der Waals surface area contributed by atoms with Crippen LogP contribution in [0.2, 0.25) is 5.02 Å². The smallest absolute Gasteiger partial charge is 0.256 e. The summed E-state index contributed by atoms with van der Waals surface area (Å²) >= 11 is 5.94. The number of benzene rings is 1. The Kier molecular flexibility index (Phi) is 3.51. The van der Waals surface area contributed by atoms with Gasteiger partial charge in [0.05, 0.1) is 16.9 Å². The van der Waals surface area contributed by atoms with Gasteiger partial charge in [-0.1, -0.05) is 11.6 Å². The van der Waals surface area contributed by atoms with Crippen molar-refractivity contribution in [1.29, 1.82) is 0 Å². The molecule has 0 aliphatic rings. The van der Waals surface area contributed by atoms with Crippen LogP contribution in [0.4, 0.5) is 5.82 Å². The van der Waals surface area contributed by atoms with E-state index in [9.17, 15) is 4.79 Å². The van der Waals surface area contributed by atoms with Crippen LogP contribution in [0.5, 0.6) is 0 Å². The average Bonchev–Trinajstić information content (AvgIpc) is 3.23. The molecule has 0 radical (unpaired) electrons. The summed E-state index contributed by atoms with van der Waals surface area (Å²) in [6.45, 7) is 0. The topological polar surface area (TPSA) is 64.2 Å². The van der Waals surface area contributed by atoms with Crippen molar-refractivity contribution >= 4 is 29.0 Å². The van der Waals surface area contributed by atoms with E-state index in [-0.39, 0.29) is 5.91 Å². The van der Waals surface area contributed by atoms with Crippen LogP contribution in [-0.4, -0.2) is 25.1 Å². The molecular weight excluding hydrogens is 326 g/mol. The van der Waals surface area contributed by atoms with E-state index >= 15 is 0 Å². The van der Waals surface area contributed by atoms with E-state index in [1.54, 1.807) is 51.9 Å². The number of rotatable bonds is 3. The van der Waals surface area contributed by atoms with Gasteiger partial charge in [0.1, 0.15) is 5.65 Å². The zero-order valence-electron chi connectivity index (χ0n) is 12.4. The van der Waals surface area contributed by atoms with Crippen LogP contribution < -0.4 is 5.32 Å². The van der Waals surface area contributed by atoms with Gasteiger partial charge in [0.25, 0.3) is 5.91 Å². The van der Waals surface area contributed by atoms with E-state index in [0.717, 1.165) is 5.69 Å². The van der Waals surface area contributed by atoms with E-state index < -0.39 is 0 Å². The number of imidazole rings is 1. The minimum absolute atomic E-state index is 0.225. The lowest BCUT2D eigenvalue weighted by atomic mass is 10.2. The predicted octanol–water partition coefficient (Wildman–Crippen LogP) is 3.43. The largest absolute Gasteiger partial charge is 0.305 e. The van der Waals surface area contributed by atoms with Crippen LogP contribution in [0.15, 0.2) is 67.3 Å². The molecule has 118 valence electrons. The summed E-state index contributed by atoms with van der Waals surface area (Å²) in [7, 11) is 0. The number of nitrogens with zero attached hydrogens (tertiary/aromatic N) is 4. The van der Waals surface area contributed by atoms with Gasteiger partial charge in [-0.15, -0.1) is 0 Å². The number of aromatic nitrogens is 4. The molecule has 0 saturated carbocycles. The predicted molar refractivity (Wildman–Crippen MR) is 91.7 cm³/mol. The summed E-state index contributed by atoms with van der Waals surface area (Å²) in [5.41, 5.74) is 2.14. The Hall–Kier alpha value is -3.12. The second kappa shape index (κ2) is 5.82. The first-order chi connectivity index (χ1) is 11.7. The van der Waals surface area contributed by atoms with E-state index in [0.29, 0.717) is 22.1 Å². The number of hydrogen-bond acceptors (Lipinski definition) is 3. The van der Waals surface area contributed by atoms with Crippen LogP contribution in [0.25, 0.3) is 11.3 Å². The normalized spacial score (nSPS) is 10.9. The zero-order valence-corrected chi connectivity index (χ0v) is 13.2. The summed E-state index contributed by atoms with van der Waals surface area (Å²) in [5.74, 6) is 0.245. The third-order valence-corrected chi connectivity index (χ3v) is 3.78. The lowest BCUT2D eigenvalue weighted by Gasteiger charge is -2.04. The summed E-state index contributed by atoms with van der Waals surface area (Å²) in [4.78, 5) is 16.7. The molecule has 0 aliphatic heterocycles. The molecule has 0 atom stereocenters. The number of carbonyl (C=O) groups is 1. The van der Waals surface area contributed by atoms with Crippen molar-refractivity contribution < 1.29 is 4.79 Å². The number of nitrogens with one attached hydrogen (secondary N) is 1. The second-order valence-electron chi connectivity index (χ2n) is 5.19. The lowest BCUT2D eigenvalue weighted by Crippen LogP contribution is -2.12. The number of hydrogen-bond donors (Lipinski definition) is 1. The zero-order chi connectivity index (χ0) is 16.5. The Morgan fingerprint density at radius 3 is 2.67 bits per heavy atom. The second-order valence-corrected chi connectivity index (χ2v) is 5.63. The molecule has 4 rings (SSSR count). The van der Waals surface area contributed by atoms with Crippen molar-refractivity contribution in [3.63, 3.8) is 0 Å². The maximum Gasteiger partial charge on any atom is 0.256 e. The fourth-order valence-electron chi connectivity index (χ4n) is 2.40. The van der Waals surface area contributed by atoms with Gasteiger partial charge in [0.15, 0.2) is 5.82 Å². The van der Waals surface area contributed by atoms with Crippen LogP contribution in [0.3, 0.4) is 0 Å². The minimum Gasteiger partial charge on any atom is -0.305 e. The average molecular weight is 338 g/mol. The molecule has 0 aliphatic carbocycles. The van der Waals surface area contributed by atoms with Gasteiger partial charge in [-0.2, -0.15) is 5.10 Å². The van der Waals surface area contributed by atoms with Crippen LogP contribution in [-0.2, 0) is 0 Å². The fraction of sp³-hybridized carbons (Fsp3) is 0. The number of halogens is 1. The Morgan fingerprint density at radius 2 is 1.92 bits per heavy atom. The Morgan fingerprint density at radius 1 is 1.08 bits per heavy atom. The van der Waals surface area contributed by atoms with Gasteiger partial charge in [0, 0.05) is 24.2 Å². The Balaban J connectivity index is 1.54. The molecule has 4 aromatic rings. The molecule has 0 saturated heterocycles. The van der Waals surface area contributed by atoms with Gasteiger partial charge >= 0.3 is 0 Å². The van der Waals surface area contributed by atoms with Crippen LogP contribution >= 0.6 is 11.6 Å². The van der Waals surface area contributed by atoms with Gasteiger partial charge in [0.2, 0.25) is 0 Å². The van der Waals surface area contributed by atoms with E-state index in [4.69, 9.17) is 11.6 Å². The van der Waals surface area contributed by atoms with E-state index in [2.05, 4.69) is 15.4 Å². The highest BCUT2D eigenvalue weighted by molar-refractivity contribution is 6.30. The fourth-order valence-corrected chi connectivity index (χ4v) is 2.57. The molecule has 0 fully saturated rings. The van der Waals surface area contributed by atoms with Gasteiger partial charge in [-0.25, -0.2) is 9.67 Å². The van der Waals surface area contributed by atoms with E-state index in [1.165, 1.54) is 0 Å². The standard InChI is InChI=1S/C17H12ClN5O/c18-13-4-7-16-20-15(11-22(16)10-13)21-17(24)12-2-5-14(6-3-12)23-9-1-8-19-23/h1-11H,(H,21,24). The molecule has 6 nitrogen and oxygen atoms in total. The lowest BCUT2D eigenvalue weighted by molar-refractivity contribution is 0.102. The van der Waals surface area contributed by atoms with Crippen LogP contribution in [0, 0.1) is 0 Å². The number of amides is 1. The summed E-state index contributed by atoms with van der Waals surface area (Å²) in [6, 6.07) is 12.6. The maximum absolute atomic E-state index is 12.3. The van der Waals surface area contributed by atoms with Crippen molar-refractivity contribution in [3.05, 3.63) is 77.8 Å². The molecule has 1 amide bonds. The Labute approximate surface area is 142 Å². The molecular formula is C17H12ClN5O. The number of pyridine rings is 1. The first kappa shape index (κ1) is 14.5. The quantitative estimate of drug-likeness (QED) is 0.623. The molecule has 24 heavy (non-hydrogen) atoms. The van der Waals surface area contributed by atoms with E-state index in [1.807, 2.05) is 24.4 Å². The third-order valence-electron chi connectivity index (χ3n) is 3.55. The van der Waals surface area contributed by atoms with Crippen molar-refractivity contribution in [1.82, 2.24) is 19.2 Å². The maximum atomic E-state index is 12.3. The monoisotopic (exact) mass is 337 g/mol. The highest BCUT2D eigenvalue weighted by Crippen LogP contribution is 2.15. The van der Waals surface area contributed by atoms with Crippen molar-refractivity contribution in [2.75, 3.05) is 5.32 Å². The summed E-state index contributed by atoms with van der Waals surface area (Å²) in [5, 5.41) is 7.54. The molecule has 1 N–H and O–H groups in total. The Bertz CT molecular complexity index is 1010. The molecule has 3 aromatic heterocycles. The number of fused-ring (bicyclic) bond motifs is 1. The van der Waals surface area contributed by atoms with Crippen LogP contribution in [0.1, 0.15) is 10.4 Å². The highest BCUT2D eigenvalue weighted by atomic mass is 35.5. The van der Waals surface area contributed by atoms with Gasteiger partial charge < -0.3 is 9.72 Å². The highest BCUT2D eigenvalue weighted by Gasteiger charge is 2.09. The molecule has 0 unspecified atom stereocenters. The summed E-state index contributed by atoms with van der Waals surface area (Å²) < 4.78 is 3.49. The molecule has 3 heterocycles. The first-order valence-corrected chi connectivity index (χ1v) is 7.62. The molecule has 0 bridgehead atoms. The molecule has 1 aromatic carbocycles.